The fraction of sp³-hybridized carbons (Fsp3) is 0.200. The molecule has 0 aromatic carbocycles. The minimum Gasteiger partial charge on any atom is -0.273 e. The third-order valence-electron chi connectivity index (χ3n) is 1.17. The second kappa shape index (κ2) is 18.6. The van der Waals surface area contributed by atoms with Crippen LogP contribution in [0.15, 0.2) is 36.5 Å². The largest absolute Gasteiger partial charge is 5.00 e. The first kappa shape index (κ1) is 23.6. The van der Waals surface area contributed by atoms with Gasteiger partial charge in [-0.3, -0.25) is 12.2 Å². The Balaban J connectivity index is -0.0000000556. The Labute approximate surface area is 109 Å². The fourth-order valence-corrected chi connectivity index (χ4v) is 0.680. The first-order valence-electron chi connectivity index (χ1n) is 3.43. The summed E-state index contributed by atoms with van der Waals surface area (Å²) in [6, 6.07) is 0. The summed E-state index contributed by atoms with van der Waals surface area (Å²) in [5, 5.41) is 0. The Bertz CT molecular complexity index is 154. The van der Waals surface area contributed by atoms with E-state index in [0.717, 1.165) is 12.8 Å². The van der Waals surface area contributed by atoms with Gasteiger partial charge in [-0.2, -0.15) is 12.2 Å². The van der Waals surface area contributed by atoms with Crippen molar-refractivity contribution in [3.63, 3.8) is 0 Å². The van der Waals surface area contributed by atoms with Crippen LogP contribution in [-0.2, 0) is 22.4 Å². The van der Waals surface area contributed by atoms with E-state index in [1.54, 1.807) is 0 Å². The molecule has 0 aliphatic heterocycles. The molecule has 0 atom stereocenters. The van der Waals surface area contributed by atoms with Crippen molar-refractivity contribution in [3.05, 3.63) is 48.6 Å². The maximum absolute atomic E-state index is 2.99. The summed E-state index contributed by atoms with van der Waals surface area (Å²) in [6.45, 7) is 0. The molecule has 0 heterocycles. The van der Waals surface area contributed by atoms with E-state index in [4.69, 9.17) is 0 Å². The standard InChI is InChI=1S/2C5H5.3BH4.Nb/c2*1-2-4-5-3-1;;;;/h2*1-3H,4H2;3*1H4;/q5*-1;+5. The maximum Gasteiger partial charge on any atom is 5.00 e. The molecule has 0 unspecified atom stereocenters. The maximum atomic E-state index is 2.99. The molecular formula is C10H22B3Nb. The van der Waals surface area contributed by atoms with Crippen LogP contribution in [0.4, 0.5) is 0 Å². The zero-order chi connectivity index (χ0) is 7.07. The van der Waals surface area contributed by atoms with E-state index in [1.165, 1.54) is 0 Å². The summed E-state index contributed by atoms with van der Waals surface area (Å²) < 4.78 is 0. The Kier molecular flexibility index (Phi) is 31.4. The first-order valence-corrected chi connectivity index (χ1v) is 3.43. The minimum absolute atomic E-state index is 0. The van der Waals surface area contributed by atoms with E-state index < -0.39 is 0 Å². The van der Waals surface area contributed by atoms with Gasteiger partial charge in [0.25, 0.3) is 0 Å². The van der Waals surface area contributed by atoms with Crippen molar-refractivity contribution in [3.8, 4) is 0 Å². The second-order valence-electron chi connectivity index (χ2n) is 2.01. The van der Waals surface area contributed by atoms with Gasteiger partial charge in [-0.15, -0.1) is 12.8 Å². The van der Waals surface area contributed by atoms with E-state index in [-0.39, 0.29) is 47.6 Å². The molecule has 0 aromatic heterocycles. The smallest absolute Gasteiger partial charge is 0.273 e. The predicted octanol–water partition coefficient (Wildman–Crippen LogP) is -1.75. The van der Waals surface area contributed by atoms with E-state index in [2.05, 4.69) is 24.3 Å². The van der Waals surface area contributed by atoms with Crippen molar-refractivity contribution in [2.75, 3.05) is 0 Å². The zero-order valence-electron chi connectivity index (χ0n) is 6.33. The Morgan fingerprint density at radius 2 is 1.07 bits per heavy atom. The van der Waals surface area contributed by atoms with Gasteiger partial charge in [0.1, 0.15) is 0 Å². The Morgan fingerprint density at radius 1 is 0.714 bits per heavy atom. The van der Waals surface area contributed by atoms with E-state index in [1.807, 2.05) is 24.3 Å². The van der Waals surface area contributed by atoms with Crippen LogP contribution in [0.2, 0.25) is 0 Å². The summed E-state index contributed by atoms with van der Waals surface area (Å²) in [6.07, 6.45) is 20.0. The zero-order valence-corrected chi connectivity index (χ0v) is 8.52. The van der Waals surface area contributed by atoms with Crippen molar-refractivity contribution < 1.29 is 22.4 Å². The molecule has 0 amide bonds. The molecule has 0 fully saturated rings. The summed E-state index contributed by atoms with van der Waals surface area (Å²) >= 11 is 0. The topological polar surface area (TPSA) is 0 Å². The van der Waals surface area contributed by atoms with Crippen LogP contribution in [0.25, 0.3) is 0 Å². The average Bonchev–Trinajstić information content (AvgIpc) is 2.67. The van der Waals surface area contributed by atoms with Gasteiger partial charge in [0.15, 0.2) is 0 Å². The van der Waals surface area contributed by atoms with Gasteiger partial charge in [0.05, 0.1) is 0 Å². The Morgan fingerprint density at radius 3 is 1.14 bits per heavy atom. The molecule has 0 bridgehead atoms. The minimum atomic E-state index is 0. The van der Waals surface area contributed by atoms with Crippen molar-refractivity contribution in [1.82, 2.24) is 0 Å². The summed E-state index contributed by atoms with van der Waals surface area (Å²) in [7, 11) is 0. The van der Waals surface area contributed by atoms with Crippen LogP contribution in [-0.4, -0.2) is 25.2 Å². The van der Waals surface area contributed by atoms with Gasteiger partial charge in [-0.25, -0.2) is 24.3 Å². The molecule has 2 aliphatic rings. The van der Waals surface area contributed by atoms with Gasteiger partial charge >= 0.3 is 22.4 Å². The molecule has 2 aliphatic carbocycles. The van der Waals surface area contributed by atoms with E-state index in [9.17, 15) is 0 Å². The molecule has 0 N–H and O–H groups in total. The average molecular weight is 268 g/mol. The molecule has 14 heavy (non-hydrogen) atoms. The van der Waals surface area contributed by atoms with Crippen molar-refractivity contribution in [2.45, 2.75) is 12.8 Å². The van der Waals surface area contributed by atoms with Gasteiger partial charge in [-0.05, 0) is 0 Å². The molecule has 2 rings (SSSR count). The Hall–Kier alpha value is -0.105. The van der Waals surface area contributed by atoms with Gasteiger partial charge in [0.2, 0.25) is 0 Å². The molecule has 4 heteroatoms. The number of hydrogen-bond donors (Lipinski definition) is 0. The van der Waals surface area contributed by atoms with Crippen molar-refractivity contribution in [1.29, 1.82) is 0 Å². The molecule has 0 radical (unpaired) electrons. The quantitative estimate of drug-likeness (QED) is 0.361. The summed E-state index contributed by atoms with van der Waals surface area (Å²) in [5.74, 6) is 0. The molecule has 0 saturated heterocycles. The van der Waals surface area contributed by atoms with Crippen molar-refractivity contribution in [2.24, 2.45) is 0 Å². The van der Waals surface area contributed by atoms with Crippen LogP contribution in [0.3, 0.4) is 0 Å². The van der Waals surface area contributed by atoms with E-state index >= 15 is 0 Å². The summed E-state index contributed by atoms with van der Waals surface area (Å²) in [4.78, 5) is 0. The number of hydrogen-bond acceptors (Lipinski definition) is 0. The van der Waals surface area contributed by atoms with Crippen LogP contribution < -0.4 is 0 Å². The molecule has 0 aromatic rings. The second-order valence-corrected chi connectivity index (χ2v) is 2.01. The molecule has 0 nitrogen and oxygen atoms in total. The van der Waals surface area contributed by atoms with Crippen molar-refractivity contribution >= 4 is 25.2 Å². The van der Waals surface area contributed by atoms with Gasteiger partial charge < -0.3 is 0 Å². The third kappa shape index (κ3) is 14.4. The number of rotatable bonds is 0. The first-order chi connectivity index (χ1) is 5.00. The van der Waals surface area contributed by atoms with E-state index in [0.29, 0.717) is 0 Å². The fourth-order valence-electron chi connectivity index (χ4n) is 0.680. The molecule has 76 valence electrons. The third-order valence-corrected chi connectivity index (χ3v) is 1.17. The predicted molar refractivity (Wildman–Crippen MR) is 77.1 cm³/mol. The normalized spacial score (nSPS) is 12.6. The summed E-state index contributed by atoms with van der Waals surface area (Å²) in [5.41, 5.74) is 0. The molecular weight excluding hydrogens is 245 g/mol. The van der Waals surface area contributed by atoms with Crippen LogP contribution in [0.5, 0.6) is 0 Å². The van der Waals surface area contributed by atoms with Gasteiger partial charge in [0, 0.05) is 0 Å². The van der Waals surface area contributed by atoms with Crippen LogP contribution in [0.1, 0.15) is 12.8 Å². The molecule has 0 spiro atoms. The van der Waals surface area contributed by atoms with Crippen LogP contribution >= 0.6 is 0 Å². The van der Waals surface area contributed by atoms with Crippen LogP contribution in [0, 0.1) is 12.2 Å². The SMILES string of the molecule is [BH4-].[BH4-].[BH4-].[C-]1=CC=CC1.[C-]1=CC=CC1.[Nb+5]. The number of allylic oxidation sites excluding steroid dienone is 8. The van der Waals surface area contributed by atoms with Gasteiger partial charge in [-0.1, -0.05) is 25.2 Å². The molecule has 0 saturated carbocycles. The monoisotopic (exact) mass is 268 g/mol.